The van der Waals surface area contributed by atoms with Gasteiger partial charge in [0, 0.05) is 11.5 Å². The highest BCUT2D eigenvalue weighted by Crippen LogP contribution is 2.27. The molecular weight excluding hydrogens is 256 g/mol. The number of hydrogen-bond acceptors (Lipinski definition) is 2. The number of amides is 1. The Labute approximate surface area is 97.8 Å². The highest BCUT2D eigenvalue weighted by Gasteiger charge is 2.32. The zero-order valence-electron chi connectivity index (χ0n) is 8.77. The fourth-order valence-electron chi connectivity index (χ4n) is 1.91. The van der Waals surface area contributed by atoms with Crippen LogP contribution in [0.4, 0.5) is 5.69 Å². The smallest absolute Gasteiger partial charge is 0.242 e. The SMILES string of the molecule is CC1CC(=O)N(C)N1c1ccc(Br)cc1. The minimum atomic E-state index is 0.172. The molecule has 0 aromatic heterocycles. The first-order valence-corrected chi connectivity index (χ1v) is 5.70. The average molecular weight is 269 g/mol. The highest BCUT2D eigenvalue weighted by molar-refractivity contribution is 9.10. The summed E-state index contributed by atoms with van der Waals surface area (Å²) in [7, 11) is 1.81. The van der Waals surface area contributed by atoms with E-state index in [1.807, 2.05) is 36.3 Å². The molecular formula is C11H13BrN2O. The van der Waals surface area contributed by atoms with Crippen molar-refractivity contribution in [3.8, 4) is 0 Å². The molecule has 1 aliphatic rings. The van der Waals surface area contributed by atoms with Crippen molar-refractivity contribution < 1.29 is 4.79 Å². The van der Waals surface area contributed by atoms with Crippen molar-refractivity contribution in [3.63, 3.8) is 0 Å². The number of halogens is 1. The maximum atomic E-state index is 11.5. The van der Waals surface area contributed by atoms with Crippen LogP contribution in [0, 0.1) is 0 Å². The third-order valence-electron chi connectivity index (χ3n) is 2.66. The molecule has 4 heteroatoms. The van der Waals surface area contributed by atoms with Gasteiger partial charge in [0.25, 0.3) is 0 Å². The average Bonchev–Trinajstić information content (AvgIpc) is 2.44. The Bertz CT molecular complexity index is 377. The summed E-state index contributed by atoms with van der Waals surface area (Å²) in [5.41, 5.74) is 1.05. The van der Waals surface area contributed by atoms with Crippen LogP contribution in [-0.2, 0) is 4.79 Å². The van der Waals surface area contributed by atoms with Gasteiger partial charge in [-0.15, -0.1) is 0 Å². The summed E-state index contributed by atoms with van der Waals surface area (Å²) < 4.78 is 1.05. The van der Waals surface area contributed by atoms with Crippen LogP contribution in [0.3, 0.4) is 0 Å². The summed E-state index contributed by atoms with van der Waals surface area (Å²) >= 11 is 3.40. The summed E-state index contributed by atoms with van der Waals surface area (Å²) in [6, 6.07) is 8.23. The van der Waals surface area contributed by atoms with E-state index in [2.05, 4.69) is 22.9 Å². The summed E-state index contributed by atoms with van der Waals surface area (Å²) in [6.07, 6.45) is 0.590. The molecule has 1 aromatic rings. The van der Waals surface area contributed by atoms with Crippen molar-refractivity contribution in [2.24, 2.45) is 0 Å². The number of hydrazine groups is 1. The second-order valence-electron chi connectivity index (χ2n) is 3.79. The van der Waals surface area contributed by atoms with Gasteiger partial charge in [0.05, 0.1) is 18.2 Å². The van der Waals surface area contributed by atoms with Gasteiger partial charge in [-0.25, -0.2) is 0 Å². The Kier molecular flexibility index (Phi) is 2.69. The van der Waals surface area contributed by atoms with Gasteiger partial charge >= 0.3 is 0 Å². The van der Waals surface area contributed by atoms with Crippen LogP contribution in [0.5, 0.6) is 0 Å². The number of hydrogen-bond donors (Lipinski definition) is 0. The summed E-state index contributed by atoms with van der Waals surface area (Å²) in [4.78, 5) is 11.5. The Morgan fingerprint density at radius 2 is 1.93 bits per heavy atom. The third kappa shape index (κ3) is 1.86. The maximum Gasteiger partial charge on any atom is 0.242 e. The van der Waals surface area contributed by atoms with E-state index >= 15 is 0 Å². The molecule has 15 heavy (non-hydrogen) atoms. The van der Waals surface area contributed by atoms with Crippen LogP contribution in [0.25, 0.3) is 0 Å². The molecule has 1 aromatic carbocycles. The largest absolute Gasteiger partial charge is 0.280 e. The Morgan fingerprint density at radius 1 is 1.33 bits per heavy atom. The predicted molar refractivity (Wildman–Crippen MR) is 63.5 cm³/mol. The molecule has 1 atom stereocenters. The van der Waals surface area contributed by atoms with Crippen LogP contribution in [0.15, 0.2) is 28.7 Å². The standard InChI is InChI=1S/C11H13BrN2O/c1-8-7-11(15)13(2)14(8)10-5-3-9(12)4-6-10/h3-6,8H,7H2,1-2H3. The van der Waals surface area contributed by atoms with Gasteiger partial charge in [0.1, 0.15) is 0 Å². The van der Waals surface area contributed by atoms with Crippen LogP contribution in [0.2, 0.25) is 0 Å². The number of carbonyl (C=O) groups is 1. The first-order valence-electron chi connectivity index (χ1n) is 4.91. The summed E-state index contributed by atoms with van der Waals surface area (Å²) in [6.45, 7) is 2.06. The first-order chi connectivity index (χ1) is 7.09. The van der Waals surface area contributed by atoms with Crippen LogP contribution in [0.1, 0.15) is 13.3 Å². The molecule has 0 N–H and O–H groups in total. The van der Waals surface area contributed by atoms with Gasteiger partial charge in [0.15, 0.2) is 0 Å². The second kappa shape index (κ2) is 3.85. The number of anilines is 1. The van der Waals surface area contributed by atoms with Crippen LogP contribution in [-0.4, -0.2) is 24.0 Å². The van der Waals surface area contributed by atoms with Crippen molar-refractivity contribution in [2.75, 3.05) is 12.1 Å². The second-order valence-corrected chi connectivity index (χ2v) is 4.71. The lowest BCUT2D eigenvalue weighted by atomic mass is 10.2. The van der Waals surface area contributed by atoms with Crippen molar-refractivity contribution in [1.29, 1.82) is 0 Å². The number of benzene rings is 1. The zero-order valence-corrected chi connectivity index (χ0v) is 10.4. The Morgan fingerprint density at radius 3 is 2.40 bits per heavy atom. The van der Waals surface area contributed by atoms with E-state index in [1.54, 1.807) is 5.01 Å². The minimum Gasteiger partial charge on any atom is -0.280 e. The van der Waals surface area contributed by atoms with Crippen molar-refractivity contribution in [2.45, 2.75) is 19.4 Å². The van der Waals surface area contributed by atoms with E-state index in [1.165, 1.54) is 0 Å². The minimum absolute atomic E-state index is 0.172. The number of nitrogens with zero attached hydrogens (tertiary/aromatic N) is 2. The fraction of sp³-hybridized carbons (Fsp3) is 0.364. The summed E-state index contributed by atoms with van der Waals surface area (Å²) in [5, 5.41) is 3.71. The molecule has 1 unspecified atom stereocenters. The lowest BCUT2D eigenvalue weighted by molar-refractivity contribution is -0.126. The molecule has 0 bridgehead atoms. The van der Waals surface area contributed by atoms with E-state index in [9.17, 15) is 4.79 Å². The molecule has 1 saturated heterocycles. The molecule has 1 fully saturated rings. The van der Waals surface area contributed by atoms with E-state index in [-0.39, 0.29) is 11.9 Å². The lowest BCUT2D eigenvalue weighted by Gasteiger charge is -2.29. The van der Waals surface area contributed by atoms with E-state index in [0.717, 1.165) is 10.2 Å². The molecule has 1 aliphatic heterocycles. The predicted octanol–water partition coefficient (Wildman–Crippen LogP) is 2.42. The van der Waals surface area contributed by atoms with Gasteiger partial charge in [-0.05, 0) is 31.2 Å². The zero-order chi connectivity index (χ0) is 11.0. The van der Waals surface area contributed by atoms with Gasteiger partial charge in [-0.1, -0.05) is 15.9 Å². The van der Waals surface area contributed by atoms with Crippen LogP contribution < -0.4 is 5.01 Å². The van der Waals surface area contributed by atoms with Gasteiger partial charge in [-0.3, -0.25) is 14.8 Å². The molecule has 1 heterocycles. The van der Waals surface area contributed by atoms with Crippen molar-refractivity contribution in [3.05, 3.63) is 28.7 Å². The molecule has 0 radical (unpaired) electrons. The normalized spacial score (nSPS) is 21.3. The van der Waals surface area contributed by atoms with Crippen LogP contribution >= 0.6 is 15.9 Å². The lowest BCUT2D eigenvalue weighted by Crippen LogP contribution is -2.38. The summed E-state index contributed by atoms with van der Waals surface area (Å²) in [5.74, 6) is 0.172. The molecule has 3 nitrogen and oxygen atoms in total. The third-order valence-corrected chi connectivity index (χ3v) is 3.19. The molecule has 2 rings (SSSR count). The van der Waals surface area contributed by atoms with Gasteiger partial charge in [-0.2, -0.15) is 0 Å². The molecule has 1 amide bonds. The topological polar surface area (TPSA) is 23.6 Å². The van der Waals surface area contributed by atoms with E-state index < -0.39 is 0 Å². The Hall–Kier alpha value is -1.03. The monoisotopic (exact) mass is 268 g/mol. The molecule has 0 spiro atoms. The first kappa shape index (κ1) is 10.5. The van der Waals surface area contributed by atoms with Gasteiger partial charge in [0.2, 0.25) is 5.91 Å². The quantitative estimate of drug-likeness (QED) is 0.781. The van der Waals surface area contributed by atoms with E-state index in [4.69, 9.17) is 0 Å². The maximum absolute atomic E-state index is 11.5. The van der Waals surface area contributed by atoms with Crippen molar-refractivity contribution >= 4 is 27.5 Å². The number of rotatable bonds is 1. The molecule has 0 aliphatic carbocycles. The highest BCUT2D eigenvalue weighted by atomic mass is 79.9. The number of carbonyl (C=O) groups excluding carboxylic acids is 1. The molecule has 0 saturated carbocycles. The molecule has 80 valence electrons. The fourth-order valence-corrected chi connectivity index (χ4v) is 2.17. The van der Waals surface area contributed by atoms with Gasteiger partial charge < -0.3 is 0 Å². The Balaban J connectivity index is 2.30. The van der Waals surface area contributed by atoms with Crippen molar-refractivity contribution in [1.82, 2.24) is 5.01 Å². The van der Waals surface area contributed by atoms with E-state index in [0.29, 0.717) is 6.42 Å².